The SMILES string of the molecule is Cc1ccc(N2N=C(CCCc3ccc(OC(C)(C)C(=O)NS(=O)(=O)c4ccccc4)cc3)C(C)(C)C2=O)cc1. The summed E-state index contributed by atoms with van der Waals surface area (Å²) in [5.41, 5.74) is 1.73. The fourth-order valence-corrected chi connectivity index (χ4v) is 5.45. The summed E-state index contributed by atoms with van der Waals surface area (Å²) in [5.74, 6) is -0.354. The van der Waals surface area contributed by atoms with Gasteiger partial charge in [-0.3, -0.25) is 9.59 Å². The second-order valence-corrected chi connectivity index (χ2v) is 12.7. The Morgan fingerprint density at radius 2 is 1.57 bits per heavy atom. The Kier molecular flexibility index (Phi) is 8.16. The largest absolute Gasteiger partial charge is 0.478 e. The number of ether oxygens (including phenoxy) is 1. The lowest BCUT2D eigenvalue weighted by Crippen LogP contribution is -2.48. The first-order chi connectivity index (χ1) is 18.8. The van der Waals surface area contributed by atoms with E-state index in [-0.39, 0.29) is 10.8 Å². The van der Waals surface area contributed by atoms with Gasteiger partial charge in [0, 0.05) is 0 Å². The van der Waals surface area contributed by atoms with Crippen LogP contribution in [0.15, 0.2) is 88.9 Å². The van der Waals surface area contributed by atoms with Gasteiger partial charge in [0.2, 0.25) is 0 Å². The Labute approximate surface area is 236 Å². The predicted octanol–water partition coefficient (Wildman–Crippen LogP) is 5.41. The maximum absolute atomic E-state index is 13.0. The fourth-order valence-electron chi connectivity index (χ4n) is 4.33. The Bertz CT molecular complexity index is 1510. The van der Waals surface area contributed by atoms with E-state index in [1.54, 1.807) is 30.3 Å². The summed E-state index contributed by atoms with van der Waals surface area (Å²) in [6, 6.07) is 22.8. The van der Waals surface area contributed by atoms with Gasteiger partial charge >= 0.3 is 0 Å². The van der Waals surface area contributed by atoms with Crippen LogP contribution in [0.3, 0.4) is 0 Å². The Morgan fingerprint density at radius 3 is 2.20 bits per heavy atom. The highest BCUT2D eigenvalue weighted by atomic mass is 32.2. The number of amides is 2. The first kappa shape index (κ1) is 29.0. The molecule has 0 aromatic heterocycles. The number of anilines is 1. The van der Waals surface area contributed by atoms with Crippen LogP contribution in [-0.4, -0.2) is 31.5 Å². The van der Waals surface area contributed by atoms with Gasteiger partial charge in [-0.2, -0.15) is 5.10 Å². The highest BCUT2D eigenvalue weighted by Gasteiger charge is 2.43. The Balaban J connectivity index is 1.33. The molecule has 8 nitrogen and oxygen atoms in total. The van der Waals surface area contributed by atoms with Crippen LogP contribution in [0.1, 0.15) is 51.7 Å². The molecule has 0 saturated carbocycles. The van der Waals surface area contributed by atoms with Crippen LogP contribution in [0, 0.1) is 12.3 Å². The third-order valence-corrected chi connectivity index (χ3v) is 8.30. The van der Waals surface area contributed by atoms with Gasteiger partial charge in [-0.1, -0.05) is 48.0 Å². The number of benzene rings is 3. The monoisotopic (exact) mass is 561 g/mol. The summed E-state index contributed by atoms with van der Waals surface area (Å²) in [7, 11) is -4.01. The molecular formula is C31H35N3O5S. The number of nitrogens with zero attached hydrogens (tertiary/aromatic N) is 2. The second-order valence-electron chi connectivity index (χ2n) is 11.0. The Hall–Kier alpha value is -3.98. The number of hydrazone groups is 1. The summed E-state index contributed by atoms with van der Waals surface area (Å²) in [4.78, 5) is 25.8. The third-order valence-electron chi connectivity index (χ3n) is 6.95. The van der Waals surface area contributed by atoms with E-state index < -0.39 is 26.9 Å². The zero-order chi connectivity index (χ0) is 29.1. The summed E-state index contributed by atoms with van der Waals surface area (Å²) < 4.78 is 33.0. The van der Waals surface area contributed by atoms with E-state index in [0.717, 1.165) is 35.4 Å². The van der Waals surface area contributed by atoms with Crippen molar-refractivity contribution >= 4 is 33.2 Å². The topological polar surface area (TPSA) is 105 Å². The molecule has 210 valence electrons. The van der Waals surface area contributed by atoms with Crippen molar-refractivity contribution < 1.29 is 22.7 Å². The molecule has 1 N–H and O–H groups in total. The first-order valence-corrected chi connectivity index (χ1v) is 14.7. The smallest absolute Gasteiger partial charge is 0.277 e. The lowest BCUT2D eigenvalue weighted by Gasteiger charge is -2.25. The summed E-state index contributed by atoms with van der Waals surface area (Å²) in [6.45, 7) is 8.86. The second kappa shape index (κ2) is 11.3. The normalized spacial score (nSPS) is 15.1. The van der Waals surface area contributed by atoms with Gasteiger partial charge in [0.05, 0.1) is 21.7 Å². The van der Waals surface area contributed by atoms with Gasteiger partial charge in [0.15, 0.2) is 5.60 Å². The Morgan fingerprint density at radius 1 is 0.950 bits per heavy atom. The molecule has 0 fully saturated rings. The number of carbonyl (C=O) groups excluding carboxylic acids is 2. The minimum atomic E-state index is -4.01. The van der Waals surface area contributed by atoms with Gasteiger partial charge in [-0.05, 0) is 95.8 Å². The summed E-state index contributed by atoms with van der Waals surface area (Å²) >= 11 is 0. The fraction of sp³-hybridized carbons (Fsp3) is 0.323. The van der Waals surface area contributed by atoms with E-state index in [0.29, 0.717) is 12.2 Å². The molecule has 1 heterocycles. The zero-order valence-electron chi connectivity index (χ0n) is 23.5. The van der Waals surface area contributed by atoms with Crippen LogP contribution in [-0.2, 0) is 26.0 Å². The van der Waals surface area contributed by atoms with Crippen LogP contribution in [0.4, 0.5) is 5.69 Å². The average molecular weight is 562 g/mol. The molecule has 0 saturated heterocycles. The molecule has 2 amide bonds. The predicted molar refractivity (Wildman–Crippen MR) is 156 cm³/mol. The van der Waals surface area contributed by atoms with Crippen molar-refractivity contribution in [2.45, 2.75) is 64.4 Å². The van der Waals surface area contributed by atoms with Gasteiger partial charge < -0.3 is 4.74 Å². The van der Waals surface area contributed by atoms with Crippen molar-refractivity contribution in [1.29, 1.82) is 0 Å². The van der Waals surface area contributed by atoms with E-state index >= 15 is 0 Å². The molecular weight excluding hydrogens is 526 g/mol. The standard InChI is InChI=1S/C31H35N3O5S/c1-22-14-18-24(19-15-22)34-29(36)30(2,3)27(32-34)13-9-10-23-16-20-25(21-17-23)39-31(4,5)28(35)33-40(37,38)26-11-7-6-8-12-26/h6-8,11-12,14-21H,9-10,13H2,1-5H3,(H,33,35). The van der Waals surface area contributed by atoms with Gasteiger partial charge in [-0.15, -0.1) is 0 Å². The van der Waals surface area contributed by atoms with Crippen molar-refractivity contribution in [2.75, 3.05) is 5.01 Å². The first-order valence-electron chi connectivity index (χ1n) is 13.2. The number of rotatable bonds is 10. The molecule has 0 atom stereocenters. The lowest BCUT2D eigenvalue weighted by molar-refractivity contribution is -0.132. The van der Waals surface area contributed by atoms with Crippen molar-refractivity contribution in [3.8, 4) is 5.75 Å². The molecule has 0 spiro atoms. The van der Waals surface area contributed by atoms with Crippen molar-refractivity contribution in [3.05, 3.63) is 90.0 Å². The highest BCUT2D eigenvalue weighted by Crippen LogP contribution is 2.34. The van der Waals surface area contributed by atoms with E-state index in [1.165, 1.54) is 31.0 Å². The van der Waals surface area contributed by atoms with Crippen LogP contribution in [0.25, 0.3) is 0 Å². The summed E-state index contributed by atoms with van der Waals surface area (Å²) in [6.07, 6.45) is 2.26. The third kappa shape index (κ3) is 6.42. The van der Waals surface area contributed by atoms with Gasteiger partial charge in [0.1, 0.15) is 5.75 Å². The summed E-state index contributed by atoms with van der Waals surface area (Å²) in [5, 5.41) is 6.17. The van der Waals surface area contributed by atoms with Crippen LogP contribution in [0.2, 0.25) is 0 Å². The van der Waals surface area contributed by atoms with Gasteiger partial charge in [0.25, 0.3) is 21.8 Å². The van der Waals surface area contributed by atoms with E-state index in [4.69, 9.17) is 4.74 Å². The van der Waals surface area contributed by atoms with Crippen molar-refractivity contribution in [2.24, 2.45) is 10.5 Å². The van der Waals surface area contributed by atoms with E-state index in [9.17, 15) is 18.0 Å². The molecule has 1 aliphatic heterocycles. The maximum Gasteiger partial charge on any atom is 0.277 e. The van der Waals surface area contributed by atoms with Gasteiger partial charge in [-0.25, -0.2) is 18.1 Å². The molecule has 9 heteroatoms. The van der Waals surface area contributed by atoms with Crippen LogP contribution < -0.4 is 14.5 Å². The minimum absolute atomic E-state index is 0.00248. The molecule has 4 rings (SSSR count). The highest BCUT2D eigenvalue weighted by molar-refractivity contribution is 7.90. The maximum atomic E-state index is 13.0. The van der Waals surface area contributed by atoms with E-state index in [2.05, 4.69) is 9.82 Å². The minimum Gasteiger partial charge on any atom is -0.478 e. The number of hydrogen-bond donors (Lipinski definition) is 1. The zero-order valence-corrected chi connectivity index (χ0v) is 24.3. The molecule has 0 radical (unpaired) electrons. The average Bonchev–Trinajstić information content (AvgIpc) is 3.14. The molecule has 40 heavy (non-hydrogen) atoms. The van der Waals surface area contributed by atoms with Crippen LogP contribution in [0.5, 0.6) is 5.75 Å². The number of hydrogen-bond acceptors (Lipinski definition) is 6. The molecule has 3 aromatic carbocycles. The number of aryl methyl sites for hydroxylation is 2. The number of carbonyl (C=O) groups is 2. The molecule has 1 aliphatic rings. The van der Waals surface area contributed by atoms with Crippen molar-refractivity contribution in [1.82, 2.24) is 4.72 Å². The molecule has 0 aliphatic carbocycles. The van der Waals surface area contributed by atoms with E-state index in [1.807, 2.05) is 57.2 Å². The molecule has 0 bridgehead atoms. The lowest BCUT2D eigenvalue weighted by atomic mass is 9.84. The molecule has 0 unspecified atom stereocenters. The van der Waals surface area contributed by atoms with Crippen LogP contribution >= 0.6 is 0 Å². The van der Waals surface area contributed by atoms with Crippen molar-refractivity contribution in [3.63, 3.8) is 0 Å². The quantitative estimate of drug-likeness (QED) is 0.356. The number of nitrogens with one attached hydrogen (secondary N) is 1. The number of sulfonamides is 1. The molecule has 3 aromatic rings.